The molecule has 0 atom stereocenters. The van der Waals surface area contributed by atoms with Crippen LogP contribution in [-0.4, -0.2) is 21.1 Å². The third-order valence-corrected chi connectivity index (χ3v) is 2.60. The van der Waals surface area contributed by atoms with E-state index in [9.17, 15) is 28.2 Å². The van der Waals surface area contributed by atoms with E-state index in [0.29, 0.717) is 10.3 Å². The average Bonchev–Trinajstić information content (AvgIpc) is 2.76. The summed E-state index contributed by atoms with van der Waals surface area (Å²) in [6.07, 6.45) is -5.69. The van der Waals surface area contributed by atoms with E-state index in [-0.39, 0.29) is 6.61 Å². The minimum atomic E-state index is -4.44. The van der Waals surface area contributed by atoms with Crippen LogP contribution in [0.4, 0.5) is 18.0 Å². The van der Waals surface area contributed by atoms with Crippen LogP contribution in [-0.2, 0) is 17.5 Å². The molecular weight excluding hydrogens is 307 g/mol. The van der Waals surface area contributed by atoms with Crippen LogP contribution in [0.5, 0.6) is 11.8 Å². The van der Waals surface area contributed by atoms with Crippen molar-refractivity contribution < 1.29 is 37.8 Å². The molecule has 0 aliphatic carbocycles. The molecule has 2 rings (SSSR count). The van der Waals surface area contributed by atoms with Crippen molar-refractivity contribution in [2.75, 3.05) is 0 Å². The predicted molar refractivity (Wildman–Crippen MR) is 66.0 cm³/mol. The van der Waals surface area contributed by atoms with Crippen molar-refractivity contribution in [3.63, 3.8) is 0 Å². The standard InChI is InChI=1S/C13H10F3NO5/c14-13(15,16)9-3-1-8(2-4-9)7-21-12(20)22-17-10(18)5-6-11(17)19/h1-6,18-19H,7H2. The predicted octanol–water partition coefficient (Wildman–Crippen LogP) is 2.68. The number of nitrogens with zero attached hydrogens (tertiary/aromatic N) is 1. The van der Waals surface area contributed by atoms with Crippen molar-refractivity contribution in [2.45, 2.75) is 12.8 Å². The number of benzene rings is 1. The molecule has 0 saturated heterocycles. The molecular formula is C13H10F3NO5. The van der Waals surface area contributed by atoms with Crippen LogP contribution in [0.2, 0.25) is 0 Å². The Labute approximate surface area is 121 Å². The van der Waals surface area contributed by atoms with Gasteiger partial charge in [0.1, 0.15) is 6.61 Å². The van der Waals surface area contributed by atoms with Crippen LogP contribution in [0.3, 0.4) is 0 Å². The molecule has 22 heavy (non-hydrogen) atoms. The van der Waals surface area contributed by atoms with Crippen LogP contribution < -0.4 is 4.84 Å². The SMILES string of the molecule is O=C(OCc1ccc(C(F)(F)F)cc1)On1c(O)ccc1O. The fraction of sp³-hybridized carbons (Fsp3) is 0.154. The summed E-state index contributed by atoms with van der Waals surface area (Å²) in [7, 11) is 0. The zero-order valence-electron chi connectivity index (χ0n) is 10.9. The summed E-state index contributed by atoms with van der Waals surface area (Å²) in [6, 6.07) is 6.18. The number of aromatic nitrogens is 1. The van der Waals surface area contributed by atoms with Crippen molar-refractivity contribution in [3.8, 4) is 11.8 Å². The molecule has 1 heterocycles. The first-order chi connectivity index (χ1) is 10.3. The van der Waals surface area contributed by atoms with Crippen LogP contribution in [0.1, 0.15) is 11.1 Å². The molecule has 0 spiro atoms. The van der Waals surface area contributed by atoms with E-state index in [1.165, 1.54) is 0 Å². The molecule has 0 fully saturated rings. The highest BCUT2D eigenvalue weighted by Crippen LogP contribution is 2.29. The fourth-order valence-corrected chi connectivity index (χ4v) is 1.53. The number of carbonyl (C=O) groups excluding carboxylic acids is 1. The Bertz CT molecular complexity index is 644. The molecule has 0 bridgehead atoms. The second kappa shape index (κ2) is 5.88. The average molecular weight is 317 g/mol. The van der Waals surface area contributed by atoms with Crippen LogP contribution in [0.15, 0.2) is 36.4 Å². The Morgan fingerprint density at radius 2 is 1.59 bits per heavy atom. The monoisotopic (exact) mass is 317 g/mol. The molecule has 0 aliphatic rings. The first kappa shape index (κ1) is 15.5. The minimum Gasteiger partial charge on any atom is -0.492 e. The lowest BCUT2D eigenvalue weighted by Gasteiger charge is -2.09. The summed E-state index contributed by atoms with van der Waals surface area (Å²) in [5.74, 6) is -1.05. The van der Waals surface area contributed by atoms with E-state index < -0.39 is 29.7 Å². The molecule has 1 aromatic heterocycles. The Morgan fingerprint density at radius 1 is 1.05 bits per heavy atom. The van der Waals surface area contributed by atoms with Gasteiger partial charge in [0.15, 0.2) is 0 Å². The number of alkyl halides is 3. The van der Waals surface area contributed by atoms with Crippen molar-refractivity contribution >= 4 is 6.16 Å². The molecule has 0 amide bonds. The maximum absolute atomic E-state index is 12.4. The quantitative estimate of drug-likeness (QED) is 0.851. The third kappa shape index (κ3) is 3.62. The van der Waals surface area contributed by atoms with Crippen molar-refractivity contribution in [2.24, 2.45) is 0 Å². The fourth-order valence-electron chi connectivity index (χ4n) is 1.53. The second-order valence-electron chi connectivity index (χ2n) is 4.17. The number of carbonyl (C=O) groups is 1. The van der Waals surface area contributed by atoms with E-state index in [0.717, 1.165) is 36.4 Å². The Balaban J connectivity index is 1.91. The second-order valence-corrected chi connectivity index (χ2v) is 4.17. The van der Waals surface area contributed by atoms with E-state index >= 15 is 0 Å². The van der Waals surface area contributed by atoms with E-state index in [4.69, 9.17) is 0 Å². The normalized spacial score (nSPS) is 11.2. The molecule has 0 radical (unpaired) electrons. The lowest BCUT2D eigenvalue weighted by molar-refractivity contribution is -0.137. The summed E-state index contributed by atoms with van der Waals surface area (Å²) in [6.45, 7) is -0.334. The first-order valence-corrected chi connectivity index (χ1v) is 5.88. The summed E-state index contributed by atoms with van der Waals surface area (Å²) >= 11 is 0. The largest absolute Gasteiger partial charge is 0.534 e. The Morgan fingerprint density at radius 3 is 2.09 bits per heavy atom. The summed E-state index contributed by atoms with van der Waals surface area (Å²) in [4.78, 5) is 15.8. The van der Waals surface area contributed by atoms with Gasteiger partial charge in [-0.05, 0) is 17.7 Å². The number of aromatic hydroxyl groups is 2. The molecule has 1 aromatic carbocycles. The maximum Gasteiger partial charge on any atom is 0.534 e. The van der Waals surface area contributed by atoms with Gasteiger partial charge in [-0.25, -0.2) is 4.79 Å². The third-order valence-electron chi connectivity index (χ3n) is 2.60. The highest BCUT2D eigenvalue weighted by Gasteiger charge is 2.29. The molecule has 2 N–H and O–H groups in total. The molecule has 0 saturated carbocycles. The number of ether oxygens (including phenoxy) is 1. The summed E-state index contributed by atoms with van der Waals surface area (Å²) in [5.41, 5.74) is -0.507. The smallest absolute Gasteiger partial charge is 0.492 e. The van der Waals surface area contributed by atoms with Crippen molar-refractivity contribution in [3.05, 3.63) is 47.5 Å². The van der Waals surface area contributed by atoms with E-state index in [1.54, 1.807) is 0 Å². The van der Waals surface area contributed by atoms with Gasteiger partial charge < -0.3 is 14.9 Å². The van der Waals surface area contributed by atoms with Gasteiger partial charge in [-0.2, -0.15) is 13.2 Å². The highest BCUT2D eigenvalue weighted by molar-refractivity contribution is 5.60. The molecule has 9 heteroatoms. The molecule has 0 unspecified atom stereocenters. The lowest BCUT2D eigenvalue weighted by Crippen LogP contribution is -2.20. The molecule has 6 nitrogen and oxygen atoms in total. The lowest BCUT2D eigenvalue weighted by atomic mass is 10.1. The topological polar surface area (TPSA) is 80.9 Å². The van der Waals surface area contributed by atoms with Gasteiger partial charge in [0.25, 0.3) is 0 Å². The first-order valence-electron chi connectivity index (χ1n) is 5.88. The minimum absolute atomic E-state index is 0.311. The number of hydrogen-bond acceptors (Lipinski definition) is 5. The van der Waals surface area contributed by atoms with Crippen LogP contribution in [0.25, 0.3) is 0 Å². The number of halogens is 3. The van der Waals surface area contributed by atoms with Crippen LogP contribution in [0, 0.1) is 0 Å². The Kier molecular flexibility index (Phi) is 4.15. The van der Waals surface area contributed by atoms with Gasteiger partial charge in [0, 0.05) is 12.1 Å². The number of rotatable bonds is 3. The zero-order valence-corrected chi connectivity index (χ0v) is 10.9. The summed E-state index contributed by atoms with van der Waals surface area (Å²) < 4.78 is 42.2. The van der Waals surface area contributed by atoms with Crippen molar-refractivity contribution in [1.29, 1.82) is 0 Å². The van der Waals surface area contributed by atoms with Crippen molar-refractivity contribution in [1.82, 2.24) is 4.73 Å². The van der Waals surface area contributed by atoms with E-state index in [2.05, 4.69) is 9.57 Å². The zero-order chi connectivity index (χ0) is 16.3. The van der Waals surface area contributed by atoms with Gasteiger partial charge in [0.05, 0.1) is 5.56 Å². The molecule has 2 aromatic rings. The highest BCUT2D eigenvalue weighted by atomic mass is 19.4. The van der Waals surface area contributed by atoms with E-state index in [1.807, 2.05) is 0 Å². The van der Waals surface area contributed by atoms with Gasteiger partial charge in [-0.15, -0.1) is 4.73 Å². The van der Waals surface area contributed by atoms with Crippen LogP contribution >= 0.6 is 0 Å². The van der Waals surface area contributed by atoms with Gasteiger partial charge in [-0.1, -0.05) is 12.1 Å². The molecule has 118 valence electrons. The molecule has 0 aliphatic heterocycles. The van der Waals surface area contributed by atoms with Gasteiger partial charge in [-0.3, -0.25) is 4.84 Å². The maximum atomic E-state index is 12.4. The Hall–Kier alpha value is -2.84. The van der Waals surface area contributed by atoms with Gasteiger partial charge >= 0.3 is 12.3 Å². The number of hydrogen-bond donors (Lipinski definition) is 2. The summed E-state index contributed by atoms with van der Waals surface area (Å²) in [5, 5.41) is 18.5. The van der Waals surface area contributed by atoms with Gasteiger partial charge in [0.2, 0.25) is 11.8 Å².